The van der Waals surface area contributed by atoms with Crippen LogP contribution in [-0.4, -0.2) is 4.98 Å². The van der Waals surface area contributed by atoms with E-state index in [1.54, 1.807) is 0 Å². The zero-order valence-corrected chi connectivity index (χ0v) is 21.9. The van der Waals surface area contributed by atoms with Crippen molar-refractivity contribution < 1.29 is 0 Å². The number of pyridine rings is 1. The second-order valence-corrected chi connectivity index (χ2v) is 8.46. The second kappa shape index (κ2) is 25.6. The molecule has 1 nitrogen and oxygen atoms in total. The molecule has 32 heavy (non-hydrogen) atoms. The minimum absolute atomic E-state index is 0. The van der Waals surface area contributed by atoms with E-state index in [0.717, 1.165) is 6.42 Å². The van der Waals surface area contributed by atoms with E-state index in [1.165, 1.54) is 54.5 Å². The Labute approximate surface area is 204 Å². The minimum atomic E-state index is 0. The molecule has 1 heterocycles. The molecular formula is C31H59N. The van der Waals surface area contributed by atoms with Gasteiger partial charge < -0.3 is 0 Å². The van der Waals surface area contributed by atoms with E-state index in [9.17, 15) is 0 Å². The van der Waals surface area contributed by atoms with Gasteiger partial charge in [-0.1, -0.05) is 140 Å². The van der Waals surface area contributed by atoms with Gasteiger partial charge in [0.25, 0.3) is 0 Å². The van der Waals surface area contributed by atoms with Gasteiger partial charge in [-0.05, 0) is 47.4 Å². The molecule has 0 unspecified atom stereocenters. The van der Waals surface area contributed by atoms with E-state index in [0.29, 0.717) is 11.8 Å². The van der Waals surface area contributed by atoms with Crippen LogP contribution in [0.25, 0.3) is 0 Å². The molecule has 2 aromatic rings. The summed E-state index contributed by atoms with van der Waals surface area (Å²) in [5.74, 6) is 1.26. The van der Waals surface area contributed by atoms with Gasteiger partial charge in [-0.2, -0.15) is 0 Å². The Morgan fingerprint density at radius 2 is 1.06 bits per heavy atom. The number of rotatable bonds is 6. The highest BCUT2D eigenvalue weighted by molar-refractivity contribution is 5.29. The number of aryl methyl sites for hydroxylation is 2. The van der Waals surface area contributed by atoms with Crippen LogP contribution in [0.3, 0.4) is 0 Å². The molecule has 0 spiro atoms. The average Bonchev–Trinajstić information content (AvgIpc) is 2.71. The third-order valence-corrected chi connectivity index (χ3v) is 4.23. The van der Waals surface area contributed by atoms with Gasteiger partial charge in [0.15, 0.2) is 0 Å². The Morgan fingerprint density at radius 3 is 1.50 bits per heavy atom. The molecule has 1 heteroatoms. The lowest BCUT2D eigenvalue weighted by Crippen LogP contribution is -1.98. The molecule has 0 fully saturated rings. The van der Waals surface area contributed by atoms with Crippen LogP contribution in [0, 0.1) is 0 Å². The fourth-order valence-corrected chi connectivity index (χ4v) is 3.02. The molecule has 1 aromatic carbocycles. The molecule has 0 aliphatic rings. The SMILES string of the molecule is C.C.CCC.CCC.CCCc1ccccc1C(C)C.CCCc1ncccc1C(C)C. The van der Waals surface area contributed by atoms with Crippen LogP contribution in [0.15, 0.2) is 42.6 Å². The molecule has 0 radical (unpaired) electrons. The van der Waals surface area contributed by atoms with Crippen molar-refractivity contribution in [1.82, 2.24) is 4.98 Å². The molecule has 0 aliphatic carbocycles. The fraction of sp³-hybridized carbons (Fsp3) is 0.645. The summed E-state index contributed by atoms with van der Waals surface area (Å²) in [6.45, 7) is 21.9. The van der Waals surface area contributed by atoms with Crippen molar-refractivity contribution >= 4 is 0 Å². The molecule has 0 atom stereocenters. The number of hydrogen-bond acceptors (Lipinski definition) is 1. The van der Waals surface area contributed by atoms with Gasteiger partial charge >= 0.3 is 0 Å². The number of nitrogens with zero attached hydrogens (tertiary/aromatic N) is 1. The van der Waals surface area contributed by atoms with Crippen LogP contribution in [0.4, 0.5) is 0 Å². The van der Waals surface area contributed by atoms with Crippen molar-refractivity contribution in [2.75, 3.05) is 0 Å². The molecule has 2 rings (SSSR count). The van der Waals surface area contributed by atoms with E-state index in [-0.39, 0.29) is 14.9 Å². The average molecular weight is 446 g/mol. The van der Waals surface area contributed by atoms with E-state index >= 15 is 0 Å². The van der Waals surface area contributed by atoms with Crippen molar-refractivity contribution in [1.29, 1.82) is 0 Å². The lowest BCUT2D eigenvalue weighted by Gasteiger charge is -2.11. The Bertz CT molecular complexity index is 558. The Kier molecular flexibility index (Phi) is 30.2. The van der Waals surface area contributed by atoms with Crippen molar-refractivity contribution in [3.8, 4) is 0 Å². The maximum atomic E-state index is 4.39. The third-order valence-electron chi connectivity index (χ3n) is 4.23. The highest BCUT2D eigenvalue weighted by Crippen LogP contribution is 2.20. The molecule has 188 valence electrons. The molecule has 1 aromatic heterocycles. The van der Waals surface area contributed by atoms with Gasteiger partial charge in [-0.15, -0.1) is 0 Å². The van der Waals surface area contributed by atoms with Crippen molar-refractivity contribution in [2.24, 2.45) is 0 Å². The summed E-state index contributed by atoms with van der Waals surface area (Å²) in [7, 11) is 0. The first-order chi connectivity index (χ1) is 14.3. The molecule has 0 amide bonds. The summed E-state index contributed by atoms with van der Waals surface area (Å²) in [6.07, 6.45) is 9.13. The van der Waals surface area contributed by atoms with Crippen molar-refractivity contribution in [2.45, 2.75) is 134 Å². The van der Waals surface area contributed by atoms with Crippen molar-refractivity contribution in [3.63, 3.8) is 0 Å². The maximum Gasteiger partial charge on any atom is 0.0438 e. The first-order valence-electron chi connectivity index (χ1n) is 12.4. The van der Waals surface area contributed by atoms with E-state index in [2.05, 4.69) is 105 Å². The Morgan fingerprint density at radius 1 is 0.625 bits per heavy atom. The summed E-state index contributed by atoms with van der Waals surface area (Å²) >= 11 is 0. The first-order valence-corrected chi connectivity index (χ1v) is 12.4. The number of hydrogen-bond donors (Lipinski definition) is 0. The summed E-state index contributed by atoms with van der Waals surface area (Å²) in [5.41, 5.74) is 5.71. The second-order valence-electron chi connectivity index (χ2n) is 8.46. The molecule has 0 bridgehead atoms. The summed E-state index contributed by atoms with van der Waals surface area (Å²) in [4.78, 5) is 4.39. The highest BCUT2D eigenvalue weighted by Gasteiger charge is 2.05. The Balaban J connectivity index is -0.000000187. The molecule has 0 N–H and O–H groups in total. The van der Waals surface area contributed by atoms with Gasteiger partial charge in [0.1, 0.15) is 0 Å². The lowest BCUT2D eigenvalue weighted by atomic mass is 9.95. The van der Waals surface area contributed by atoms with Gasteiger partial charge in [-0.25, -0.2) is 0 Å². The van der Waals surface area contributed by atoms with Crippen molar-refractivity contribution in [3.05, 3.63) is 65.0 Å². The van der Waals surface area contributed by atoms with Crippen LogP contribution >= 0.6 is 0 Å². The quantitative estimate of drug-likeness (QED) is 0.430. The zero-order chi connectivity index (χ0) is 23.4. The topological polar surface area (TPSA) is 12.9 Å². The summed E-state index contributed by atoms with van der Waals surface area (Å²) < 4.78 is 0. The Hall–Kier alpha value is -1.63. The zero-order valence-electron chi connectivity index (χ0n) is 21.9. The summed E-state index contributed by atoms with van der Waals surface area (Å²) in [6, 6.07) is 13.0. The first kappa shape index (κ1) is 37.7. The van der Waals surface area contributed by atoms with Gasteiger partial charge in [0, 0.05) is 11.9 Å². The maximum absolute atomic E-state index is 4.39. The normalized spacial score (nSPS) is 9.12. The minimum Gasteiger partial charge on any atom is -0.261 e. The van der Waals surface area contributed by atoms with Crippen LogP contribution in [-0.2, 0) is 12.8 Å². The highest BCUT2D eigenvalue weighted by atomic mass is 14.7. The van der Waals surface area contributed by atoms with Crippen LogP contribution < -0.4 is 0 Å². The molecule has 0 aliphatic heterocycles. The predicted molar refractivity (Wildman–Crippen MR) is 152 cm³/mol. The fourth-order valence-electron chi connectivity index (χ4n) is 3.02. The van der Waals surface area contributed by atoms with Gasteiger partial charge in [-0.3, -0.25) is 4.98 Å². The lowest BCUT2D eigenvalue weighted by molar-refractivity contribution is 0.794. The van der Waals surface area contributed by atoms with Crippen LogP contribution in [0.1, 0.15) is 144 Å². The van der Waals surface area contributed by atoms with Crippen LogP contribution in [0.2, 0.25) is 0 Å². The van der Waals surface area contributed by atoms with Gasteiger partial charge in [0.05, 0.1) is 0 Å². The number of benzene rings is 1. The predicted octanol–water partition coefficient (Wildman–Crippen LogP) is 11.0. The standard InChI is InChI=1S/C12H18.C11H17N.2C3H8.2CH4/c1-4-7-11-8-5-6-9-12(11)10(2)3;1-4-6-11-10(9(2)3)7-5-8-12-11;2*1-3-2;;/h5-6,8-10H,4,7H2,1-3H3;5,7-9H,4,6H2,1-3H3;2*3H2,1-2H3;2*1H4. The summed E-state index contributed by atoms with van der Waals surface area (Å²) in [5, 5.41) is 0. The molecule has 0 saturated heterocycles. The van der Waals surface area contributed by atoms with Crippen LogP contribution in [0.5, 0.6) is 0 Å². The van der Waals surface area contributed by atoms with E-state index in [1.807, 2.05) is 12.3 Å². The van der Waals surface area contributed by atoms with E-state index in [4.69, 9.17) is 0 Å². The number of aromatic nitrogens is 1. The van der Waals surface area contributed by atoms with Gasteiger partial charge in [0.2, 0.25) is 0 Å². The third kappa shape index (κ3) is 18.0. The largest absolute Gasteiger partial charge is 0.261 e. The smallest absolute Gasteiger partial charge is 0.0438 e. The molecular weight excluding hydrogens is 386 g/mol. The monoisotopic (exact) mass is 445 g/mol. The molecule has 0 saturated carbocycles. The van der Waals surface area contributed by atoms with E-state index < -0.39 is 0 Å².